The highest BCUT2D eigenvalue weighted by Crippen LogP contribution is 2.19. The Morgan fingerprint density at radius 2 is 2.00 bits per heavy atom. The Morgan fingerprint density at radius 3 is 2.62 bits per heavy atom. The first-order chi connectivity index (χ1) is 11.4. The van der Waals surface area contributed by atoms with Crippen molar-refractivity contribution in [1.29, 1.82) is 0 Å². The first-order valence-corrected chi connectivity index (χ1v) is 7.75. The maximum Gasteiger partial charge on any atom is 0.323 e. The third-order valence-corrected chi connectivity index (χ3v) is 3.79. The maximum atomic E-state index is 12.6. The molecule has 24 heavy (non-hydrogen) atoms. The van der Waals surface area contributed by atoms with Crippen molar-refractivity contribution < 1.29 is 19.5 Å². The number of fused-ring (bicyclic) bond motifs is 1. The first-order valence-electron chi connectivity index (χ1n) is 7.75. The summed E-state index contributed by atoms with van der Waals surface area (Å²) in [6.07, 6.45) is 2.10. The number of carbonyl (C=O) groups is 3. The number of carboxylic acid groups (broad SMARTS) is 1. The molecule has 3 N–H and O–H groups in total. The van der Waals surface area contributed by atoms with Gasteiger partial charge in [0.25, 0.3) is 0 Å². The molecule has 0 aliphatic heterocycles. The fourth-order valence-electron chi connectivity index (χ4n) is 2.70. The SMILES string of the molecule is CCN(CC(=O)O)C(=O)C(Cc1c[nH]c2ccccc12)NC(C)=O. The van der Waals surface area contributed by atoms with Crippen LogP contribution in [-0.2, 0) is 20.8 Å². The van der Waals surface area contributed by atoms with Crippen molar-refractivity contribution >= 4 is 28.7 Å². The number of carboxylic acids is 1. The van der Waals surface area contributed by atoms with E-state index in [1.54, 1.807) is 13.1 Å². The molecule has 2 rings (SSSR count). The molecular weight excluding hydrogens is 310 g/mol. The number of H-pyrrole nitrogens is 1. The molecule has 7 nitrogen and oxygen atoms in total. The van der Waals surface area contributed by atoms with Crippen LogP contribution >= 0.6 is 0 Å². The van der Waals surface area contributed by atoms with Crippen molar-refractivity contribution in [2.75, 3.05) is 13.1 Å². The second-order valence-corrected chi connectivity index (χ2v) is 5.56. The predicted octanol–water partition coefficient (Wildman–Crippen LogP) is 1.15. The highest BCUT2D eigenvalue weighted by molar-refractivity contribution is 5.90. The lowest BCUT2D eigenvalue weighted by Crippen LogP contribution is -2.50. The summed E-state index contributed by atoms with van der Waals surface area (Å²) in [4.78, 5) is 39.4. The van der Waals surface area contributed by atoms with E-state index in [2.05, 4.69) is 10.3 Å². The molecule has 0 spiro atoms. The average Bonchev–Trinajstić information content (AvgIpc) is 2.94. The Morgan fingerprint density at radius 1 is 1.29 bits per heavy atom. The summed E-state index contributed by atoms with van der Waals surface area (Å²) in [5.41, 5.74) is 1.84. The van der Waals surface area contributed by atoms with Gasteiger partial charge in [0.2, 0.25) is 11.8 Å². The second-order valence-electron chi connectivity index (χ2n) is 5.56. The highest BCUT2D eigenvalue weighted by atomic mass is 16.4. The van der Waals surface area contributed by atoms with Crippen LogP contribution in [0.1, 0.15) is 19.4 Å². The number of aromatic amines is 1. The van der Waals surface area contributed by atoms with Crippen LogP contribution in [0.4, 0.5) is 0 Å². The van der Waals surface area contributed by atoms with Crippen molar-refractivity contribution in [3.05, 3.63) is 36.0 Å². The number of nitrogens with zero attached hydrogens (tertiary/aromatic N) is 1. The smallest absolute Gasteiger partial charge is 0.323 e. The van der Waals surface area contributed by atoms with Crippen molar-refractivity contribution in [2.24, 2.45) is 0 Å². The lowest BCUT2D eigenvalue weighted by molar-refractivity contribution is -0.145. The Kier molecular flexibility index (Phi) is 5.57. The lowest BCUT2D eigenvalue weighted by Gasteiger charge is -2.25. The Balaban J connectivity index is 2.26. The zero-order valence-corrected chi connectivity index (χ0v) is 13.7. The third kappa shape index (κ3) is 4.13. The average molecular weight is 331 g/mol. The van der Waals surface area contributed by atoms with Gasteiger partial charge >= 0.3 is 5.97 Å². The normalized spacial score (nSPS) is 11.9. The standard InChI is InChI=1S/C17H21N3O4/c1-3-20(10-16(22)23)17(24)15(19-11(2)21)8-12-9-18-14-7-5-4-6-13(12)14/h4-7,9,15,18H,3,8,10H2,1-2H3,(H,19,21)(H,22,23). The van der Waals surface area contributed by atoms with Crippen LogP contribution in [0.5, 0.6) is 0 Å². The third-order valence-electron chi connectivity index (χ3n) is 3.79. The van der Waals surface area contributed by atoms with Gasteiger partial charge in [-0.15, -0.1) is 0 Å². The fourth-order valence-corrected chi connectivity index (χ4v) is 2.70. The molecule has 0 saturated heterocycles. The summed E-state index contributed by atoms with van der Waals surface area (Å²) in [7, 11) is 0. The summed E-state index contributed by atoms with van der Waals surface area (Å²) in [5, 5.41) is 12.5. The topological polar surface area (TPSA) is 102 Å². The van der Waals surface area contributed by atoms with Gasteiger partial charge in [0.1, 0.15) is 12.6 Å². The predicted molar refractivity (Wildman–Crippen MR) is 89.5 cm³/mol. The second kappa shape index (κ2) is 7.63. The monoisotopic (exact) mass is 331 g/mol. The van der Waals surface area contributed by atoms with E-state index < -0.39 is 17.9 Å². The number of rotatable bonds is 7. The number of benzene rings is 1. The highest BCUT2D eigenvalue weighted by Gasteiger charge is 2.26. The fraction of sp³-hybridized carbons (Fsp3) is 0.353. The number of likely N-dealkylation sites (N-methyl/N-ethyl adjacent to an activating group) is 1. The summed E-state index contributed by atoms with van der Waals surface area (Å²) >= 11 is 0. The van der Waals surface area contributed by atoms with Gasteiger partial charge in [-0.1, -0.05) is 18.2 Å². The molecule has 7 heteroatoms. The summed E-state index contributed by atoms with van der Waals surface area (Å²) < 4.78 is 0. The van der Waals surface area contributed by atoms with Gasteiger partial charge in [-0.05, 0) is 18.6 Å². The van der Waals surface area contributed by atoms with E-state index >= 15 is 0 Å². The van der Waals surface area contributed by atoms with E-state index in [1.165, 1.54) is 11.8 Å². The van der Waals surface area contributed by atoms with E-state index in [1.807, 2.05) is 24.3 Å². The Hall–Kier alpha value is -2.83. The molecule has 0 aliphatic carbocycles. The number of nitrogens with one attached hydrogen (secondary N) is 2. The molecule has 1 aromatic heterocycles. The van der Waals surface area contributed by atoms with Crippen molar-refractivity contribution in [2.45, 2.75) is 26.3 Å². The molecule has 0 saturated carbocycles. The molecule has 1 atom stereocenters. The van der Waals surface area contributed by atoms with E-state index in [0.717, 1.165) is 16.5 Å². The summed E-state index contributed by atoms with van der Waals surface area (Å²) in [5.74, 6) is -1.82. The largest absolute Gasteiger partial charge is 0.480 e. The molecular formula is C17H21N3O4. The van der Waals surface area contributed by atoms with Crippen LogP contribution in [0, 0.1) is 0 Å². The van der Waals surface area contributed by atoms with Crippen molar-refractivity contribution in [3.8, 4) is 0 Å². The molecule has 0 fully saturated rings. The Bertz CT molecular complexity index is 753. The first kappa shape index (κ1) is 17.5. The molecule has 0 aliphatic rings. The van der Waals surface area contributed by atoms with Gasteiger partial charge in [-0.3, -0.25) is 14.4 Å². The molecule has 1 aromatic carbocycles. The van der Waals surface area contributed by atoms with Gasteiger partial charge in [0.15, 0.2) is 0 Å². The molecule has 128 valence electrons. The van der Waals surface area contributed by atoms with Gasteiger partial charge in [-0.2, -0.15) is 0 Å². The van der Waals surface area contributed by atoms with Crippen LogP contribution in [0.15, 0.2) is 30.5 Å². The van der Waals surface area contributed by atoms with Crippen LogP contribution < -0.4 is 5.32 Å². The minimum atomic E-state index is -1.08. The van der Waals surface area contributed by atoms with Crippen LogP contribution in [0.2, 0.25) is 0 Å². The number of aliphatic carboxylic acids is 1. The van der Waals surface area contributed by atoms with E-state index in [4.69, 9.17) is 5.11 Å². The maximum absolute atomic E-state index is 12.6. The molecule has 1 heterocycles. The molecule has 0 radical (unpaired) electrons. The zero-order valence-electron chi connectivity index (χ0n) is 13.7. The van der Waals surface area contributed by atoms with Crippen LogP contribution in [-0.4, -0.2) is 51.9 Å². The van der Waals surface area contributed by atoms with E-state index in [-0.39, 0.29) is 19.0 Å². The minimum absolute atomic E-state index is 0.259. The number of para-hydroxylation sites is 1. The van der Waals surface area contributed by atoms with E-state index in [9.17, 15) is 14.4 Å². The number of aromatic nitrogens is 1. The number of carbonyl (C=O) groups excluding carboxylic acids is 2. The van der Waals surface area contributed by atoms with Crippen molar-refractivity contribution in [1.82, 2.24) is 15.2 Å². The lowest BCUT2D eigenvalue weighted by atomic mass is 10.0. The minimum Gasteiger partial charge on any atom is -0.480 e. The molecule has 2 amide bonds. The number of hydrogen-bond donors (Lipinski definition) is 3. The molecule has 2 aromatic rings. The molecule has 0 bridgehead atoms. The van der Waals surface area contributed by atoms with Crippen LogP contribution in [0.3, 0.4) is 0 Å². The van der Waals surface area contributed by atoms with Gasteiger partial charge in [0, 0.05) is 37.0 Å². The Labute approximate surface area is 139 Å². The number of hydrogen-bond acceptors (Lipinski definition) is 3. The van der Waals surface area contributed by atoms with Gasteiger partial charge in [-0.25, -0.2) is 0 Å². The summed E-state index contributed by atoms with van der Waals surface area (Å²) in [6.45, 7) is 2.91. The zero-order chi connectivity index (χ0) is 17.7. The van der Waals surface area contributed by atoms with Crippen LogP contribution in [0.25, 0.3) is 10.9 Å². The molecule has 1 unspecified atom stereocenters. The van der Waals surface area contributed by atoms with Gasteiger partial charge in [0.05, 0.1) is 0 Å². The van der Waals surface area contributed by atoms with Crippen molar-refractivity contribution in [3.63, 3.8) is 0 Å². The number of amides is 2. The quantitative estimate of drug-likeness (QED) is 0.708. The van der Waals surface area contributed by atoms with E-state index in [0.29, 0.717) is 6.42 Å². The summed E-state index contributed by atoms with van der Waals surface area (Å²) in [6, 6.07) is 6.87. The van der Waals surface area contributed by atoms with Gasteiger partial charge < -0.3 is 20.3 Å².